The van der Waals surface area contributed by atoms with Crippen LogP contribution in [-0.4, -0.2) is 19.1 Å². The van der Waals surface area contributed by atoms with Crippen molar-refractivity contribution in [2.75, 3.05) is 13.2 Å². The van der Waals surface area contributed by atoms with E-state index < -0.39 is 0 Å². The lowest BCUT2D eigenvalue weighted by atomic mass is 10.0. The molecule has 3 heteroatoms. The first-order valence-corrected chi connectivity index (χ1v) is 7.05. The molecule has 0 saturated carbocycles. The summed E-state index contributed by atoms with van der Waals surface area (Å²) in [5, 5.41) is 2.93. The number of rotatable bonds is 4. The molecular weight excluding hydrogens is 262 g/mol. The average Bonchev–Trinajstić information content (AvgIpc) is 2.95. The largest absolute Gasteiger partial charge is 0.493 e. The van der Waals surface area contributed by atoms with Crippen molar-refractivity contribution in [3.63, 3.8) is 0 Å². The molecule has 3 nitrogen and oxygen atoms in total. The van der Waals surface area contributed by atoms with E-state index in [9.17, 15) is 4.79 Å². The molecule has 0 saturated heterocycles. The molecule has 0 aromatic heterocycles. The number of nitrogens with one attached hydrogen (secondary N) is 1. The number of carbonyl (C=O) groups is 1. The summed E-state index contributed by atoms with van der Waals surface area (Å²) in [4.78, 5) is 11.8. The van der Waals surface area contributed by atoms with Crippen molar-refractivity contribution < 1.29 is 9.53 Å². The zero-order valence-electron chi connectivity index (χ0n) is 11.7. The fourth-order valence-corrected chi connectivity index (χ4v) is 2.42. The van der Waals surface area contributed by atoms with Crippen molar-refractivity contribution in [2.24, 2.45) is 0 Å². The van der Waals surface area contributed by atoms with Crippen molar-refractivity contribution >= 4 is 12.0 Å². The maximum Gasteiger partial charge on any atom is 0.244 e. The SMILES string of the molecule is O=C(/C=C/c1ccccc1)NCC1COc2ccccc21. The molecule has 2 aromatic carbocycles. The molecule has 0 aliphatic carbocycles. The summed E-state index contributed by atoms with van der Waals surface area (Å²) in [7, 11) is 0. The summed E-state index contributed by atoms with van der Waals surface area (Å²) in [6.07, 6.45) is 3.38. The molecule has 1 aliphatic rings. The Morgan fingerprint density at radius 1 is 1.14 bits per heavy atom. The minimum Gasteiger partial charge on any atom is -0.493 e. The molecule has 0 radical (unpaired) electrons. The molecule has 106 valence electrons. The molecule has 1 atom stereocenters. The lowest BCUT2D eigenvalue weighted by molar-refractivity contribution is -0.116. The van der Waals surface area contributed by atoms with Gasteiger partial charge in [0.1, 0.15) is 5.75 Å². The van der Waals surface area contributed by atoms with Crippen LogP contribution in [0.3, 0.4) is 0 Å². The number of hydrogen-bond acceptors (Lipinski definition) is 2. The second-order valence-corrected chi connectivity index (χ2v) is 5.03. The molecule has 1 amide bonds. The fraction of sp³-hybridized carbons (Fsp3) is 0.167. The molecule has 0 spiro atoms. The molecular formula is C18H17NO2. The van der Waals surface area contributed by atoms with Crippen molar-refractivity contribution in [3.8, 4) is 5.75 Å². The third-order valence-corrected chi connectivity index (χ3v) is 3.55. The van der Waals surface area contributed by atoms with Crippen molar-refractivity contribution in [1.29, 1.82) is 0 Å². The molecule has 2 aromatic rings. The van der Waals surface area contributed by atoms with Gasteiger partial charge < -0.3 is 10.1 Å². The first-order chi connectivity index (χ1) is 10.3. The van der Waals surface area contributed by atoms with E-state index in [4.69, 9.17) is 4.74 Å². The Labute approximate surface area is 124 Å². The van der Waals surface area contributed by atoms with Crippen LogP contribution in [0.5, 0.6) is 5.75 Å². The highest BCUT2D eigenvalue weighted by Crippen LogP contribution is 2.32. The number of ether oxygens (including phenoxy) is 1. The van der Waals surface area contributed by atoms with Crippen LogP contribution in [0.15, 0.2) is 60.7 Å². The summed E-state index contributed by atoms with van der Waals surface area (Å²) in [5.74, 6) is 1.08. The van der Waals surface area contributed by atoms with Crippen molar-refractivity contribution in [3.05, 3.63) is 71.8 Å². The molecule has 1 unspecified atom stereocenters. The second-order valence-electron chi connectivity index (χ2n) is 5.03. The maximum atomic E-state index is 11.8. The third kappa shape index (κ3) is 3.31. The van der Waals surface area contributed by atoms with Gasteiger partial charge in [0.25, 0.3) is 0 Å². The highest BCUT2D eigenvalue weighted by Gasteiger charge is 2.23. The normalized spacial score (nSPS) is 16.5. The Bertz CT molecular complexity index is 649. The zero-order chi connectivity index (χ0) is 14.5. The van der Waals surface area contributed by atoms with Crippen LogP contribution in [0.25, 0.3) is 6.08 Å². The second kappa shape index (κ2) is 6.27. The van der Waals surface area contributed by atoms with Crippen LogP contribution >= 0.6 is 0 Å². The van der Waals surface area contributed by atoms with E-state index in [0.29, 0.717) is 13.2 Å². The third-order valence-electron chi connectivity index (χ3n) is 3.55. The Kier molecular flexibility index (Phi) is 4.01. The van der Waals surface area contributed by atoms with E-state index in [1.54, 1.807) is 6.08 Å². The van der Waals surface area contributed by atoms with Gasteiger partial charge in [0.15, 0.2) is 0 Å². The quantitative estimate of drug-likeness (QED) is 0.874. The predicted octanol–water partition coefficient (Wildman–Crippen LogP) is 2.99. The van der Waals surface area contributed by atoms with Crippen LogP contribution in [0.2, 0.25) is 0 Å². The number of benzene rings is 2. The molecule has 0 fully saturated rings. The summed E-state index contributed by atoms with van der Waals surface area (Å²) in [6, 6.07) is 17.8. The van der Waals surface area contributed by atoms with Gasteiger partial charge >= 0.3 is 0 Å². The molecule has 21 heavy (non-hydrogen) atoms. The van der Waals surface area contributed by atoms with Gasteiger partial charge in [-0.2, -0.15) is 0 Å². The summed E-state index contributed by atoms with van der Waals surface area (Å²) in [6.45, 7) is 1.22. The Morgan fingerprint density at radius 3 is 2.76 bits per heavy atom. The molecule has 1 aliphatic heterocycles. The highest BCUT2D eigenvalue weighted by molar-refractivity contribution is 5.91. The standard InChI is InChI=1S/C18H17NO2/c20-18(11-10-14-6-2-1-3-7-14)19-12-15-13-21-17-9-5-4-8-16(15)17/h1-11,15H,12-13H2,(H,19,20)/b11-10+. The average molecular weight is 279 g/mol. The lowest BCUT2D eigenvalue weighted by Crippen LogP contribution is -2.27. The minimum atomic E-state index is -0.0803. The van der Waals surface area contributed by atoms with Gasteiger partial charge in [0, 0.05) is 24.1 Å². The summed E-state index contributed by atoms with van der Waals surface area (Å²) in [5.41, 5.74) is 2.19. The van der Waals surface area contributed by atoms with E-state index in [2.05, 4.69) is 11.4 Å². The lowest BCUT2D eigenvalue weighted by Gasteiger charge is -2.08. The first kappa shape index (κ1) is 13.4. The van der Waals surface area contributed by atoms with E-state index in [-0.39, 0.29) is 11.8 Å². The van der Waals surface area contributed by atoms with E-state index >= 15 is 0 Å². The zero-order valence-corrected chi connectivity index (χ0v) is 11.7. The van der Waals surface area contributed by atoms with Crippen LogP contribution in [0.4, 0.5) is 0 Å². The number of fused-ring (bicyclic) bond motifs is 1. The first-order valence-electron chi connectivity index (χ1n) is 7.05. The van der Waals surface area contributed by atoms with Crippen LogP contribution in [-0.2, 0) is 4.79 Å². The Morgan fingerprint density at radius 2 is 1.90 bits per heavy atom. The van der Waals surface area contributed by atoms with Crippen LogP contribution in [0.1, 0.15) is 17.0 Å². The molecule has 3 rings (SSSR count). The van der Waals surface area contributed by atoms with E-state index in [0.717, 1.165) is 11.3 Å². The van der Waals surface area contributed by atoms with Gasteiger partial charge in [-0.15, -0.1) is 0 Å². The number of carbonyl (C=O) groups excluding carboxylic acids is 1. The van der Waals surface area contributed by atoms with E-state index in [1.165, 1.54) is 5.56 Å². The van der Waals surface area contributed by atoms with E-state index in [1.807, 2.05) is 54.6 Å². The molecule has 1 N–H and O–H groups in total. The highest BCUT2D eigenvalue weighted by atomic mass is 16.5. The van der Waals surface area contributed by atoms with Crippen LogP contribution < -0.4 is 10.1 Å². The molecule has 1 heterocycles. The smallest absolute Gasteiger partial charge is 0.244 e. The predicted molar refractivity (Wildman–Crippen MR) is 83.2 cm³/mol. The van der Waals surface area contributed by atoms with Gasteiger partial charge in [-0.1, -0.05) is 48.5 Å². The van der Waals surface area contributed by atoms with Gasteiger partial charge in [-0.05, 0) is 17.7 Å². The molecule has 0 bridgehead atoms. The van der Waals surface area contributed by atoms with Gasteiger partial charge in [0.05, 0.1) is 6.61 Å². The number of amides is 1. The summed E-state index contributed by atoms with van der Waals surface area (Å²) < 4.78 is 5.60. The van der Waals surface area contributed by atoms with Gasteiger partial charge in [-0.25, -0.2) is 0 Å². The van der Waals surface area contributed by atoms with Gasteiger partial charge in [-0.3, -0.25) is 4.79 Å². The van der Waals surface area contributed by atoms with Crippen LogP contribution in [0, 0.1) is 0 Å². The van der Waals surface area contributed by atoms with Gasteiger partial charge in [0.2, 0.25) is 5.91 Å². The number of para-hydroxylation sites is 1. The Balaban J connectivity index is 1.54. The summed E-state index contributed by atoms with van der Waals surface area (Å²) >= 11 is 0. The minimum absolute atomic E-state index is 0.0803. The topological polar surface area (TPSA) is 38.3 Å². The monoisotopic (exact) mass is 279 g/mol. The van der Waals surface area contributed by atoms with Crippen molar-refractivity contribution in [2.45, 2.75) is 5.92 Å². The fourth-order valence-electron chi connectivity index (χ4n) is 2.42. The number of hydrogen-bond donors (Lipinski definition) is 1. The van der Waals surface area contributed by atoms with Crippen molar-refractivity contribution in [1.82, 2.24) is 5.32 Å². The maximum absolute atomic E-state index is 11.8. The Hall–Kier alpha value is -2.55.